The molecule has 25 heavy (non-hydrogen) atoms. The Morgan fingerprint density at radius 2 is 1.96 bits per heavy atom. The van der Waals surface area contributed by atoms with Crippen LogP contribution in [0.15, 0.2) is 29.6 Å². The number of aliphatic carboxylic acids is 1. The second-order valence-electron chi connectivity index (χ2n) is 5.95. The van der Waals surface area contributed by atoms with Crippen molar-refractivity contribution >= 4 is 23.2 Å². The average Bonchev–Trinajstić information content (AvgIpc) is 3.03. The fraction of sp³-hybridized carbons (Fsp3) is 0.389. The summed E-state index contributed by atoms with van der Waals surface area (Å²) in [6.07, 6.45) is 0.586. The summed E-state index contributed by atoms with van der Waals surface area (Å²) in [4.78, 5) is 28.8. The predicted octanol–water partition coefficient (Wildman–Crippen LogP) is 3.53. The molecule has 0 aliphatic rings. The maximum Gasteiger partial charge on any atom is 0.303 e. The van der Waals surface area contributed by atoms with Gasteiger partial charge in [0, 0.05) is 31.0 Å². The quantitative estimate of drug-likeness (QED) is 0.777. The van der Waals surface area contributed by atoms with Crippen molar-refractivity contribution in [1.82, 2.24) is 9.88 Å². The van der Waals surface area contributed by atoms with Gasteiger partial charge in [-0.2, -0.15) is 0 Å². The first kappa shape index (κ1) is 18.9. The minimum absolute atomic E-state index is 0.0464. The van der Waals surface area contributed by atoms with E-state index in [9.17, 15) is 9.59 Å². The zero-order valence-electron chi connectivity index (χ0n) is 14.6. The molecule has 1 aromatic carbocycles. The van der Waals surface area contributed by atoms with E-state index in [1.807, 2.05) is 38.1 Å². The fourth-order valence-corrected chi connectivity index (χ4v) is 3.02. The third-order valence-electron chi connectivity index (χ3n) is 3.43. The van der Waals surface area contributed by atoms with Gasteiger partial charge in [0.1, 0.15) is 16.5 Å². The van der Waals surface area contributed by atoms with E-state index in [-0.39, 0.29) is 18.4 Å². The summed E-state index contributed by atoms with van der Waals surface area (Å²) in [6.45, 7) is 4.33. The van der Waals surface area contributed by atoms with Crippen molar-refractivity contribution in [2.24, 2.45) is 0 Å². The van der Waals surface area contributed by atoms with Crippen molar-refractivity contribution in [3.05, 3.63) is 35.3 Å². The molecular weight excluding hydrogens is 340 g/mol. The van der Waals surface area contributed by atoms with Crippen LogP contribution in [0.1, 0.15) is 37.2 Å². The average molecular weight is 362 g/mol. The Kier molecular flexibility index (Phi) is 6.52. The Balaban J connectivity index is 2.01. The van der Waals surface area contributed by atoms with Crippen LogP contribution < -0.4 is 4.74 Å². The molecule has 0 aliphatic heterocycles. The highest BCUT2D eigenvalue weighted by Crippen LogP contribution is 2.26. The molecule has 0 atom stereocenters. The number of rotatable bonds is 8. The summed E-state index contributed by atoms with van der Waals surface area (Å²) >= 11 is 1.40. The zero-order valence-corrected chi connectivity index (χ0v) is 15.4. The molecule has 1 amide bonds. The Hall–Kier alpha value is -2.41. The van der Waals surface area contributed by atoms with Crippen molar-refractivity contribution < 1.29 is 19.4 Å². The molecule has 0 fully saturated rings. The number of hydrogen-bond donors (Lipinski definition) is 1. The van der Waals surface area contributed by atoms with Crippen LogP contribution in [-0.2, 0) is 4.79 Å². The van der Waals surface area contributed by atoms with Gasteiger partial charge in [-0.05, 0) is 44.5 Å². The van der Waals surface area contributed by atoms with Crippen LogP contribution in [-0.4, -0.2) is 46.6 Å². The standard InChI is InChI=1S/C18H22N2O4S/c1-12(2)24-14-8-6-13(7-9-14)17-19-15(11-25-17)18(23)20(3)10-4-5-16(21)22/h6-9,11-12H,4-5,10H2,1-3H3,(H,21,22). The van der Waals surface area contributed by atoms with Crippen LogP contribution in [0.25, 0.3) is 10.6 Å². The van der Waals surface area contributed by atoms with Crippen LogP contribution >= 0.6 is 11.3 Å². The second kappa shape index (κ2) is 8.62. The van der Waals surface area contributed by atoms with Crippen molar-refractivity contribution in [3.63, 3.8) is 0 Å². The number of benzene rings is 1. The lowest BCUT2D eigenvalue weighted by molar-refractivity contribution is -0.137. The summed E-state index contributed by atoms with van der Waals surface area (Å²) in [6, 6.07) is 7.61. The maximum atomic E-state index is 12.3. The number of carboxylic acids is 1. The molecule has 6 nitrogen and oxygen atoms in total. The Morgan fingerprint density at radius 3 is 2.56 bits per heavy atom. The molecule has 1 N–H and O–H groups in total. The molecule has 0 radical (unpaired) electrons. The third-order valence-corrected chi connectivity index (χ3v) is 4.32. The van der Waals surface area contributed by atoms with Gasteiger partial charge >= 0.3 is 5.97 Å². The summed E-state index contributed by atoms with van der Waals surface area (Å²) < 4.78 is 5.61. The van der Waals surface area contributed by atoms with Crippen LogP contribution in [0, 0.1) is 0 Å². The Labute approximate surface area is 151 Å². The molecule has 1 heterocycles. The Bertz CT molecular complexity index is 725. The van der Waals surface area contributed by atoms with Gasteiger partial charge in [-0.1, -0.05) is 0 Å². The highest BCUT2D eigenvalue weighted by molar-refractivity contribution is 7.13. The van der Waals surface area contributed by atoms with E-state index in [0.717, 1.165) is 16.3 Å². The second-order valence-corrected chi connectivity index (χ2v) is 6.81. The third kappa shape index (κ3) is 5.56. The highest BCUT2D eigenvalue weighted by Gasteiger charge is 2.16. The zero-order chi connectivity index (χ0) is 18.4. The van der Waals surface area contributed by atoms with Gasteiger partial charge in [-0.25, -0.2) is 4.98 Å². The number of amides is 1. The molecule has 1 aromatic heterocycles. The summed E-state index contributed by atoms with van der Waals surface area (Å²) in [7, 11) is 1.65. The van der Waals surface area contributed by atoms with E-state index >= 15 is 0 Å². The summed E-state index contributed by atoms with van der Waals surface area (Å²) in [5, 5.41) is 11.1. The number of carbonyl (C=O) groups is 2. The van der Waals surface area contributed by atoms with E-state index in [1.54, 1.807) is 12.4 Å². The molecule has 2 rings (SSSR count). The number of thiazole rings is 1. The van der Waals surface area contributed by atoms with Crippen LogP contribution in [0.4, 0.5) is 0 Å². The summed E-state index contributed by atoms with van der Waals surface area (Å²) in [5.41, 5.74) is 1.30. The smallest absolute Gasteiger partial charge is 0.303 e. The van der Waals surface area contributed by atoms with E-state index in [0.29, 0.717) is 18.7 Å². The normalized spacial score (nSPS) is 10.7. The predicted molar refractivity (Wildman–Crippen MR) is 97.1 cm³/mol. The van der Waals surface area contributed by atoms with Gasteiger partial charge in [0.05, 0.1) is 6.10 Å². The largest absolute Gasteiger partial charge is 0.491 e. The molecule has 0 saturated heterocycles. The van der Waals surface area contributed by atoms with Gasteiger partial charge in [-0.3, -0.25) is 9.59 Å². The van der Waals surface area contributed by atoms with E-state index < -0.39 is 5.97 Å². The van der Waals surface area contributed by atoms with Crippen LogP contribution in [0.5, 0.6) is 5.75 Å². The summed E-state index contributed by atoms with van der Waals surface area (Å²) in [5.74, 6) is -0.265. The number of nitrogens with zero attached hydrogens (tertiary/aromatic N) is 2. The van der Waals surface area contributed by atoms with Crippen LogP contribution in [0.3, 0.4) is 0 Å². The lowest BCUT2D eigenvalue weighted by Crippen LogP contribution is -2.28. The molecule has 0 spiro atoms. The SMILES string of the molecule is CC(C)Oc1ccc(-c2nc(C(=O)N(C)CCCC(=O)O)cs2)cc1. The van der Waals surface area contributed by atoms with Gasteiger partial charge < -0.3 is 14.7 Å². The topological polar surface area (TPSA) is 79.7 Å². The fourth-order valence-electron chi connectivity index (χ4n) is 2.22. The van der Waals surface area contributed by atoms with E-state index in [4.69, 9.17) is 9.84 Å². The van der Waals surface area contributed by atoms with Gasteiger partial charge in [0.25, 0.3) is 5.91 Å². The minimum atomic E-state index is -0.860. The molecule has 0 saturated carbocycles. The number of carbonyl (C=O) groups excluding carboxylic acids is 1. The number of hydrogen-bond acceptors (Lipinski definition) is 5. The number of aromatic nitrogens is 1. The van der Waals surface area contributed by atoms with Gasteiger partial charge in [0.2, 0.25) is 0 Å². The first-order chi connectivity index (χ1) is 11.9. The Morgan fingerprint density at radius 1 is 1.28 bits per heavy atom. The molecular formula is C18H22N2O4S. The molecule has 0 unspecified atom stereocenters. The molecule has 2 aromatic rings. The lowest BCUT2D eigenvalue weighted by Gasteiger charge is -2.14. The van der Waals surface area contributed by atoms with Crippen molar-refractivity contribution in [2.45, 2.75) is 32.8 Å². The number of ether oxygens (including phenoxy) is 1. The van der Waals surface area contributed by atoms with Gasteiger partial charge in [-0.15, -0.1) is 11.3 Å². The minimum Gasteiger partial charge on any atom is -0.491 e. The lowest BCUT2D eigenvalue weighted by atomic mass is 10.2. The monoisotopic (exact) mass is 362 g/mol. The van der Waals surface area contributed by atoms with Crippen molar-refractivity contribution in [1.29, 1.82) is 0 Å². The van der Waals surface area contributed by atoms with E-state index in [1.165, 1.54) is 16.2 Å². The van der Waals surface area contributed by atoms with Crippen molar-refractivity contribution in [2.75, 3.05) is 13.6 Å². The van der Waals surface area contributed by atoms with Crippen LogP contribution in [0.2, 0.25) is 0 Å². The maximum absolute atomic E-state index is 12.3. The first-order valence-corrected chi connectivity index (χ1v) is 8.94. The molecule has 0 aliphatic carbocycles. The number of carboxylic acid groups (broad SMARTS) is 1. The first-order valence-electron chi connectivity index (χ1n) is 8.06. The molecule has 7 heteroatoms. The van der Waals surface area contributed by atoms with E-state index in [2.05, 4.69) is 4.98 Å². The van der Waals surface area contributed by atoms with Gasteiger partial charge in [0.15, 0.2) is 0 Å². The van der Waals surface area contributed by atoms with Crippen molar-refractivity contribution in [3.8, 4) is 16.3 Å². The highest BCUT2D eigenvalue weighted by atomic mass is 32.1. The molecule has 134 valence electrons. The molecule has 0 bridgehead atoms.